The zero-order valence-electron chi connectivity index (χ0n) is 10.9. The Bertz CT molecular complexity index is 712. The fraction of sp³-hybridized carbons (Fsp3) is 0.200. The maximum Gasteiger partial charge on any atom is 0.137 e. The highest BCUT2D eigenvalue weighted by molar-refractivity contribution is 5.81. The number of fused-ring (bicyclic) bond motifs is 1. The Labute approximate surface area is 111 Å². The van der Waals surface area contributed by atoms with E-state index in [9.17, 15) is 0 Å². The van der Waals surface area contributed by atoms with E-state index in [1.807, 2.05) is 44.2 Å². The first-order valence-corrected chi connectivity index (χ1v) is 6.20. The molecular weight excluding hydrogens is 240 g/mol. The van der Waals surface area contributed by atoms with Gasteiger partial charge in [0.2, 0.25) is 0 Å². The standard InChI is InChI=1S/C15H16N2O2/c1-9-4-3-5-11-8-13(19-15(9)11)14(17-16)12-6-7-18-10(12)2/h3-8,14,17H,16H2,1-2H3. The summed E-state index contributed by atoms with van der Waals surface area (Å²) in [6.07, 6.45) is 1.66. The molecule has 3 N–H and O–H groups in total. The molecule has 4 heteroatoms. The van der Waals surface area contributed by atoms with Crippen LogP contribution >= 0.6 is 0 Å². The largest absolute Gasteiger partial charge is 0.469 e. The summed E-state index contributed by atoms with van der Waals surface area (Å²) in [6.45, 7) is 3.94. The van der Waals surface area contributed by atoms with Gasteiger partial charge >= 0.3 is 0 Å². The van der Waals surface area contributed by atoms with Crippen molar-refractivity contribution < 1.29 is 8.83 Å². The molecule has 0 bridgehead atoms. The van der Waals surface area contributed by atoms with Gasteiger partial charge in [-0.3, -0.25) is 5.84 Å². The highest BCUT2D eigenvalue weighted by atomic mass is 16.3. The van der Waals surface area contributed by atoms with Crippen LogP contribution in [0.4, 0.5) is 0 Å². The van der Waals surface area contributed by atoms with Crippen LogP contribution in [0.3, 0.4) is 0 Å². The van der Waals surface area contributed by atoms with Crippen LogP contribution in [0, 0.1) is 13.8 Å². The summed E-state index contributed by atoms with van der Waals surface area (Å²) < 4.78 is 11.3. The van der Waals surface area contributed by atoms with Crippen molar-refractivity contribution in [3.05, 3.63) is 59.2 Å². The van der Waals surface area contributed by atoms with Crippen molar-refractivity contribution in [1.82, 2.24) is 5.43 Å². The van der Waals surface area contributed by atoms with Gasteiger partial charge in [0.25, 0.3) is 0 Å². The van der Waals surface area contributed by atoms with Gasteiger partial charge in [-0.25, -0.2) is 5.43 Å². The smallest absolute Gasteiger partial charge is 0.137 e. The third kappa shape index (κ3) is 1.95. The van der Waals surface area contributed by atoms with Crippen molar-refractivity contribution in [2.75, 3.05) is 0 Å². The summed E-state index contributed by atoms with van der Waals surface area (Å²) in [4.78, 5) is 0. The van der Waals surface area contributed by atoms with E-state index in [-0.39, 0.29) is 6.04 Å². The molecule has 98 valence electrons. The quantitative estimate of drug-likeness (QED) is 0.558. The third-order valence-electron chi connectivity index (χ3n) is 3.42. The summed E-state index contributed by atoms with van der Waals surface area (Å²) in [7, 11) is 0. The Morgan fingerprint density at radius 3 is 2.68 bits per heavy atom. The first kappa shape index (κ1) is 12.0. The number of hydrazine groups is 1. The van der Waals surface area contributed by atoms with Crippen molar-refractivity contribution in [3.8, 4) is 0 Å². The Morgan fingerprint density at radius 2 is 2.05 bits per heavy atom. The molecule has 0 aliphatic heterocycles. The van der Waals surface area contributed by atoms with Crippen molar-refractivity contribution >= 4 is 11.0 Å². The Morgan fingerprint density at radius 1 is 1.21 bits per heavy atom. The Hall–Kier alpha value is -2.04. The average Bonchev–Trinajstić information content (AvgIpc) is 2.99. The molecule has 2 aromatic heterocycles. The predicted molar refractivity (Wildman–Crippen MR) is 73.6 cm³/mol. The zero-order chi connectivity index (χ0) is 13.4. The summed E-state index contributed by atoms with van der Waals surface area (Å²) in [5.41, 5.74) is 5.79. The van der Waals surface area contributed by atoms with Gasteiger partial charge in [-0.15, -0.1) is 0 Å². The lowest BCUT2D eigenvalue weighted by atomic mass is 10.1. The van der Waals surface area contributed by atoms with Crippen molar-refractivity contribution in [2.45, 2.75) is 19.9 Å². The number of hydrogen-bond donors (Lipinski definition) is 2. The van der Waals surface area contributed by atoms with Gasteiger partial charge in [-0.1, -0.05) is 18.2 Å². The minimum atomic E-state index is -0.203. The lowest BCUT2D eigenvalue weighted by molar-refractivity contribution is 0.464. The molecule has 0 aliphatic rings. The van der Waals surface area contributed by atoms with E-state index in [1.54, 1.807) is 6.26 Å². The molecule has 0 aliphatic carbocycles. The van der Waals surface area contributed by atoms with E-state index >= 15 is 0 Å². The predicted octanol–water partition coefficient (Wildman–Crippen LogP) is 3.20. The molecule has 0 saturated carbocycles. The van der Waals surface area contributed by atoms with Crippen LogP contribution < -0.4 is 11.3 Å². The highest BCUT2D eigenvalue weighted by Gasteiger charge is 2.20. The van der Waals surface area contributed by atoms with Crippen LogP contribution in [0.5, 0.6) is 0 Å². The molecule has 1 aromatic carbocycles. The molecule has 3 aromatic rings. The molecule has 19 heavy (non-hydrogen) atoms. The van der Waals surface area contributed by atoms with E-state index in [4.69, 9.17) is 14.7 Å². The fourth-order valence-electron chi connectivity index (χ4n) is 2.39. The molecule has 0 amide bonds. The Balaban J connectivity index is 2.12. The Kier molecular flexibility index (Phi) is 2.89. The van der Waals surface area contributed by atoms with E-state index in [1.165, 1.54) is 0 Å². The second kappa shape index (κ2) is 4.57. The van der Waals surface area contributed by atoms with E-state index < -0.39 is 0 Å². The SMILES string of the molecule is Cc1occc1C(NN)c1cc2cccc(C)c2o1. The molecule has 0 spiro atoms. The van der Waals surface area contributed by atoms with Gasteiger partial charge in [0.1, 0.15) is 23.1 Å². The van der Waals surface area contributed by atoms with Gasteiger partial charge in [0.05, 0.1) is 6.26 Å². The van der Waals surface area contributed by atoms with Crippen LogP contribution in [-0.4, -0.2) is 0 Å². The van der Waals surface area contributed by atoms with Gasteiger partial charge in [0, 0.05) is 10.9 Å². The van der Waals surface area contributed by atoms with Gasteiger partial charge in [-0.05, 0) is 31.5 Å². The van der Waals surface area contributed by atoms with Crippen molar-refractivity contribution in [1.29, 1.82) is 0 Å². The van der Waals surface area contributed by atoms with Crippen molar-refractivity contribution in [3.63, 3.8) is 0 Å². The summed E-state index contributed by atoms with van der Waals surface area (Å²) in [6, 6.07) is 9.80. The second-order valence-corrected chi connectivity index (χ2v) is 4.67. The van der Waals surface area contributed by atoms with E-state index in [0.717, 1.165) is 33.6 Å². The number of nitrogens with two attached hydrogens (primary N) is 1. The summed E-state index contributed by atoms with van der Waals surface area (Å²) in [5.74, 6) is 7.29. The van der Waals surface area contributed by atoms with Crippen LogP contribution in [0.25, 0.3) is 11.0 Å². The number of aryl methyl sites for hydroxylation is 2. The first-order chi connectivity index (χ1) is 9.20. The lowest BCUT2D eigenvalue weighted by Crippen LogP contribution is -2.28. The summed E-state index contributed by atoms with van der Waals surface area (Å²) >= 11 is 0. The third-order valence-corrected chi connectivity index (χ3v) is 3.42. The van der Waals surface area contributed by atoms with Crippen LogP contribution in [0.1, 0.15) is 28.7 Å². The summed E-state index contributed by atoms with van der Waals surface area (Å²) in [5, 5.41) is 1.08. The number of para-hydroxylation sites is 1. The molecule has 0 radical (unpaired) electrons. The van der Waals surface area contributed by atoms with Gasteiger partial charge in [0.15, 0.2) is 0 Å². The molecule has 1 unspecified atom stereocenters. The zero-order valence-corrected chi connectivity index (χ0v) is 10.9. The number of benzene rings is 1. The van der Waals surface area contributed by atoms with E-state index in [2.05, 4.69) is 5.43 Å². The van der Waals surface area contributed by atoms with E-state index in [0.29, 0.717) is 0 Å². The monoisotopic (exact) mass is 256 g/mol. The molecule has 2 heterocycles. The normalized spacial score (nSPS) is 13.0. The van der Waals surface area contributed by atoms with Gasteiger partial charge in [-0.2, -0.15) is 0 Å². The number of furan rings is 2. The lowest BCUT2D eigenvalue weighted by Gasteiger charge is -2.12. The molecule has 0 fully saturated rings. The maximum absolute atomic E-state index is 5.95. The van der Waals surface area contributed by atoms with Gasteiger partial charge < -0.3 is 8.83 Å². The van der Waals surface area contributed by atoms with Crippen molar-refractivity contribution in [2.24, 2.45) is 5.84 Å². The van der Waals surface area contributed by atoms with Crippen LogP contribution in [0.2, 0.25) is 0 Å². The van der Waals surface area contributed by atoms with Crippen LogP contribution in [0.15, 0.2) is 45.4 Å². The molecule has 4 nitrogen and oxygen atoms in total. The molecule has 1 atom stereocenters. The topological polar surface area (TPSA) is 64.3 Å². The highest BCUT2D eigenvalue weighted by Crippen LogP contribution is 2.31. The number of rotatable bonds is 3. The second-order valence-electron chi connectivity index (χ2n) is 4.67. The average molecular weight is 256 g/mol. The fourth-order valence-corrected chi connectivity index (χ4v) is 2.39. The first-order valence-electron chi connectivity index (χ1n) is 6.20. The number of hydrogen-bond acceptors (Lipinski definition) is 4. The molecular formula is C15H16N2O2. The van der Waals surface area contributed by atoms with Crippen LogP contribution in [-0.2, 0) is 0 Å². The minimum absolute atomic E-state index is 0.203. The minimum Gasteiger partial charge on any atom is -0.469 e. The number of nitrogens with one attached hydrogen (secondary N) is 1. The molecule has 3 rings (SSSR count). The molecule has 0 saturated heterocycles. The maximum atomic E-state index is 5.95.